The van der Waals surface area contributed by atoms with Crippen molar-refractivity contribution < 1.29 is 14.3 Å². The van der Waals surface area contributed by atoms with Crippen LogP contribution in [0.15, 0.2) is 61.2 Å². The van der Waals surface area contributed by atoms with Gasteiger partial charge in [0, 0.05) is 7.05 Å². The number of nitrogens with zero attached hydrogens (tertiary/aromatic N) is 4. The molecule has 0 saturated carbocycles. The summed E-state index contributed by atoms with van der Waals surface area (Å²) in [6.07, 6.45) is 3.09. The summed E-state index contributed by atoms with van der Waals surface area (Å²) in [5.74, 6) is -0.522. The summed E-state index contributed by atoms with van der Waals surface area (Å²) in [5, 5.41) is 4.09. The van der Waals surface area contributed by atoms with E-state index in [-0.39, 0.29) is 24.1 Å². The summed E-state index contributed by atoms with van der Waals surface area (Å²) < 4.78 is 7.18. The summed E-state index contributed by atoms with van der Waals surface area (Å²) in [5.41, 5.74) is 7.43. The predicted octanol–water partition coefficient (Wildman–Crippen LogP) is 1.96. The number of aromatic nitrogens is 3. The number of para-hydroxylation sites is 1. The molecule has 0 radical (unpaired) electrons. The molecule has 0 unspecified atom stereocenters. The van der Waals surface area contributed by atoms with E-state index in [0.717, 1.165) is 11.3 Å². The third kappa shape index (κ3) is 4.17. The Hall–Kier alpha value is -3.68. The third-order valence-electron chi connectivity index (χ3n) is 4.54. The summed E-state index contributed by atoms with van der Waals surface area (Å²) in [6, 6.07) is 14.1. The van der Waals surface area contributed by atoms with Crippen LogP contribution >= 0.6 is 0 Å². The van der Waals surface area contributed by atoms with Crippen molar-refractivity contribution in [3.05, 3.63) is 72.3 Å². The molecule has 0 aliphatic heterocycles. The van der Waals surface area contributed by atoms with Gasteiger partial charge in [-0.05, 0) is 36.8 Å². The summed E-state index contributed by atoms with van der Waals surface area (Å²) in [4.78, 5) is 29.5. The second-order valence-corrected chi connectivity index (χ2v) is 6.26. The Bertz CT molecular complexity index is 954. The van der Waals surface area contributed by atoms with Crippen molar-refractivity contribution >= 4 is 11.8 Å². The molecular weight excluding hydrogens is 358 g/mol. The lowest BCUT2D eigenvalue weighted by atomic mass is 10.1. The Morgan fingerprint density at radius 3 is 2.54 bits per heavy atom. The highest BCUT2D eigenvalue weighted by atomic mass is 16.5. The highest BCUT2D eigenvalue weighted by Gasteiger charge is 2.19. The minimum Gasteiger partial charge on any atom is -0.483 e. The molecule has 2 amide bonds. The first-order chi connectivity index (χ1) is 13.5. The van der Waals surface area contributed by atoms with Crippen LogP contribution in [0.1, 0.15) is 28.9 Å². The van der Waals surface area contributed by atoms with Crippen molar-refractivity contribution in [3.8, 4) is 11.4 Å². The van der Waals surface area contributed by atoms with E-state index in [1.54, 1.807) is 47.2 Å². The number of primary amides is 1. The molecule has 144 valence electrons. The Morgan fingerprint density at radius 1 is 1.18 bits per heavy atom. The van der Waals surface area contributed by atoms with E-state index in [4.69, 9.17) is 10.5 Å². The number of carbonyl (C=O) groups excluding carboxylic acids is 2. The minimum atomic E-state index is -0.600. The van der Waals surface area contributed by atoms with Crippen molar-refractivity contribution in [2.75, 3.05) is 13.7 Å². The SMILES string of the molecule is C[C@H](c1ccc(-n2cncn2)cc1)N(C)C(=O)COc1ccccc1C(N)=O. The lowest BCUT2D eigenvalue weighted by Gasteiger charge is -2.25. The zero-order valence-electron chi connectivity index (χ0n) is 15.6. The minimum absolute atomic E-state index is 0.160. The van der Waals surface area contributed by atoms with Crippen LogP contribution in [0.3, 0.4) is 0 Å². The predicted molar refractivity (Wildman–Crippen MR) is 103 cm³/mol. The molecule has 1 aromatic heterocycles. The van der Waals surface area contributed by atoms with Gasteiger partial charge in [-0.3, -0.25) is 9.59 Å². The van der Waals surface area contributed by atoms with Gasteiger partial charge in [0.1, 0.15) is 18.4 Å². The highest BCUT2D eigenvalue weighted by molar-refractivity contribution is 5.95. The van der Waals surface area contributed by atoms with E-state index < -0.39 is 5.91 Å². The van der Waals surface area contributed by atoms with Gasteiger partial charge in [0.2, 0.25) is 0 Å². The maximum Gasteiger partial charge on any atom is 0.260 e. The monoisotopic (exact) mass is 379 g/mol. The average Bonchev–Trinajstić information content (AvgIpc) is 3.26. The first-order valence-electron chi connectivity index (χ1n) is 8.69. The Kier molecular flexibility index (Phi) is 5.69. The normalized spacial score (nSPS) is 11.6. The molecule has 28 heavy (non-hydrogen) atoms. The van der Waals surface area contributed by atoms with Gasteiger partial charge in [0.05, 0.1) is 17.3 Å². The fourth-order valence-electron chi connectivity index (χ4n) is 2.72. The Balaban J connectivity index is 1.64. The molecule has 0 aliphatic rings. The molecule has 2 aromatic carbocycles. The molecule has 0 bridgehead atoms. The molecule has 0 fully saturated rings. The van der Waals surface area contributed by atoms with Crippen LogP contribution in [0, 0.1) is 0 Å². The van der Waals surface area contributed by atoms with Crippen LogP contribution in [-0.2, 0) is 4.79 Å². The van der Waals surface area contributed by atoms with Gasteiger partial charge in [-0.25, -0.2) is 9.67 Å². The van der Waals surface area contributed by atoms with Crippen molar-refractivity contribution in [2.45, 2.75) is 13.0 Å². The number of rotatable bonds is 7. The number of ether oxygens (including phenoxy) is 1. The maximum atomic E-state index is 12.5. The first-order valence-corrected chi connectivity index (χ1v) is 8.69. The highest BCUT2D eigenvalue weighted by Crippen LogP contribution is 2.21. The molecule has 0 aliphatic carbocycles. The van der Waals surface area contributed by atoms with Gasteiger partial charge < -0.3 is 15.4 Å². The number of hydrogen-bond donors (Lipinski definition) is 1. The molecule has 0 saturated heterocycles. The van der Waals surface area contributed by atoms with E-state index in [1.807, 2.05) is 31.2 Å². The van der Waals surface area contributed by atoms with E-state index in [9.17, 15) is 9.59 Å². The van der Waals surface area contributed by atoms with Crippen molar-refractivity contribution in [1.29, 1.82) is 0 Å². The largest absolute Gasteiger partial charge is 0.483 e. The Labute approximate surface area is 162 Å². The fourth-order valence-corrected chi connectivity index (χ4v) is 2.72. The average molecular weight is 379 g/mol. The zero-order chi connectivity index (χ0) is 20.1. The van der Waals surface area contributed by atoms with E-state index in [2.05, 4.69) is 10.1 Å². The van der Waals surface area contributed by atoms with Gasteiger partial charge in [-0.2, -0.15) is 5.10 Å². The molecule has 0 spiro atoms. The maximum absolute atomic E-state index is 12.5. The lowest BCUT2D eigenvalue weighted by molar-refractivity contribution is -0.134. The van der Waals surface area contributed by atoms with E-state index >= 15 is 0 Å². The van der Waals surface area contributed by atoms with Crippen molar-refractivity contribution in [2.24, 2.45) is 5.73 Å². The molecule has 1 heterocycles. The van der Waals surface area contributed by atoms with Gasteiger partial charge >= 0.3 is 0 Å². The molecule has 3 aromatic rings. The second-order valence-electron chi connectivity index (χ2n) is 6.26. The van der Waals surface area contributed by atoms with Gasteiger partial charge in [-0.1, -0.05) is 24.3 Å². The summed E-state index contributed by atoms with van der Waals surface area (Å²) >= 11 is 0. The van der Waals surface area contributed by atoms with E-state index in [1.165, 1.54) is 6.33 Å². The summed E-state index contributed by atoms with van der Waals surface area (Å²) in [6.45, 7) is 1.74. The molecule has 8 heteroatoms. The topological polar surface area (TPSA) is 103 Å². The summed E-state index contributed by atoms with van der Waals surface area (Å²) in [7, 11) is 1.71. The number of carbonyl (C=O) groups is 2. The number of amides is 2. The van der Waals surface area contributed by atoms with Crippen LogP contribution in [0.2, 0.25) is 0 Å². The molecule has 1 atom stereocenters. The number of nitrogens with two attached hydrogens (primary N) is 1. The number of hydrogen-bond acceptors (Lipinski definition) is 5. The second kappa shape index (κ2) is 8.34. The smallest absolute Gasteiger partial charge is 0.260 e. The third-order valence-corrected chi connectivity index (χ3v) is 4.54. The van der Waals surface area contributed by atoms with Gasteiger partial charge in [0.25, 0.3) is 11.8 Å². The van der Waals surface area contributed by atoms with Gasteiger partial charge in [-0.15, -0.1) is 0 Å². The number of likely N-dealkylation sites (N-methyl/N-ethyl adjacent to an activating group) is 1. The van der Waals surface area contributed by atoms with Crippen molar-refractivity contribution in [3.63, 3.8) is 0 Å². The van der Waals surface area contributed by atoms with Gasteiger partial charge in [0.15, 0.2) is 6.61 Å². The zero-order valence-corrected chi connectivity index (χ0v) is 15.6. The first kappa shape index (κ1) is 19.1. The number of benzene rings is 2. The van der Waals surface area contributed by atoms with E-state index in [0.29, 0.717) is 5.75 Å². The molecule has 2 N–H and O–H groups in total. The molecular formula is C20H21N5O3. The molecule has 8 nitrogen and oxygen atoms in total. The quantitative estimate of drug-likeness (QED) is 0.676. The standard InChI is InChI=1S/C20H21N5O3/c1-14(15-7-9-16(10-8-15)25-13-22-12-23-25)24(2)19(26)11-28-18-6-4-3-5-17(18)20(21)27/h3-10,12-14H,11H2,1-2H3,(H2,21,27)/t14-/m1/s1. The lowest BCUT2D eigenvalue weighted by Crippen LogP contribution is -2.33. The fraction of sp³-hybridized carbons (Fsp3) is 0.200. The van der Waals surface area contributed by atoms with Crippen LogP contribution in [-0.4, -0.2) is 45.1 Å². The molecule has 3 rings (SSSR count). The van der Waals surface area contributed by atoms with Crippen LogP contribution in [0.25, 0.3) is 5.69 Å². The Morgan fingerprint density at radius 2 is 1.89 bits per heavy atom. The van der Waals surface area contributed by atoms with Crippen molar-refractivity contribution in [1.82, 2.24) is 19.7 Å². The van der Waals surface area contributed by atoms with Crippen LogP contribution in [0.5, 0.6) is 5.75 Å². The van der Waals surface area contributed by atoms with Crippen LogP contribution < -0.4 is 10.5 Å². The van der Waals surface area contributed by atoms with Crippen LogP contribution in [0.4, 0.5) is 0 Å².